The third kappa shape index (κ3) is 3.19. The van der Waals surface area contributed by atoms with Gasteiger partial charge < -0.3 is 19.7 Å². The van der Waals surface area contributed by atoms with Gasteiger partial charge in [-0.3, -0.25) is 4.79 Å². The monoisotopic (exact) mass is 304 g/mol. The van der Waals surface area contributed by atoms with E-state index in [9.17, 15) is 4.79 Å². The topological polar surface area (TPSA) is 50.8 Å². The molecule has 5 nitrogen and oxygen atoms in total. The van der Waals surface area contributed by atoms with Gasteiger partial charge in [0.15, 0.2) is 11.5 Å². The van der Waals surface area contributed by atoms with Crippen LogP contribution in [0.3, 0.4) is 0 Å². The highest BCUT2D eigenvalue weighted by Crippen LogP contribution is 2.31. The third-order valence-corrected chi connectivity index (χ3v) is 4.19. The van der Waals surface area contributed by atoms with E-state index in [1.165, 1.54) is 0 Å². The first-order valence-electron chi connectivity index (χ1n) is 8.21. The van der Waals surface area contributed by atoms with Crippen molar-refractivity contribution in [2.75, 3.05) is 32.8 Å². The lowest BCUT2D eigenvalue weighted by molar-refractivity contribution is 0.0692. The van der Waals surface area contributed by atoms with Gasteiger partial charge in [0, 0.05) is 31.1 Å². The molecule has 0 aromatic heterocycles. The largest absolute Gasteiger partial charge is 0.490 e. The summed E-state index contributed by atoms with van der Waals surface area (Å²) in [5.74, 6) is 1.51. The summed E-state index contributed by atoms with van der Waals surface area (Å²) in [4.78, 5) is 14.9. The number of rotatable bonds is 4. The average Bonchev–Trinajstić information content (AvgIpc) is 2.96. The summed E-state index contributed by atoms with van der Waals surface area (Å²) in [6.45, 7) is 6.07. The first-order chi connectivity index (χ1) is 10.8. The molecular formula is C17H24N2O3. The Balaban J connectivity index is 1.81. The molecule has 3 rings (SSSR count). The Morgan fingerprint density at radius 1 is 1.32 bits per heavy atom. The van der Waals surface area contributed by atoms with Crippen LogP contribution in [0.5, 0.6) is 11.5 Å². The van der Waals surface area contributed by atoms with Crippen molar-refractivity contribution < 1.29 is 14.3 Å². The number of ether oxygens (including phenoxy) is 2. The van der Waals surface area contributed by atoms with Crippen molar-refractivity contribution in [3.8, 4) is 11.5 Å². The second-order valence-corrected chi connectivity index (χ2v) is 5.86. The Hall–Kier alpha value is -1.75. The number of carbonyl (C=O) groups excluding carboxylic acids is 1. The molecule has 1 atom stereocenters. The number of nitrogens with zero attached hydrogens (tertiary/aromatic N) is 1. The Bertz CT molecular complexity index is 527. The van der Waals surface area contributed by atoms with Crippen LogP contribution >= 0.6 is 0 Å². The average molecular weight is 304 g/mol. The van der Waals surface area contributed by atoms with Gasteiger partial charge in [0.2, 0.25) is 0 Å². The van der Waals surface area contributed by atoms with Gasteiger partial charge in [-0.2, -0.15) is 0 Å². The van der Waals surface area contributed by atoms with Crippen LogP contribution in [0.4, 0.5) is 0 Å². The lowest BCUT2D eigenvalue weighted by atomic mass is 10.1. The zero-order chi connectivity index (χ0) is 15.4. The van der Waals surface area contributed by atoms with Crippen LogP contribution in [-0.4, -0.2) is 49.7 Å². The molecule has 1 aromatic rings. The highest BCUT2D eigenvalue weighted by Gasteiger charge is 2.27. The van der Waals surface area contributed by atoms with Gasteiger partial charge in [0.1, 0.15) is 0 Å². The SMILES string of the molecule is CCCN(C(=O)c1ccc2c(c1)OCCCO2)C1CCNC1. The number of fused-ring (bicyclic) bond motifs is 1. The summed E-state index contributed by atoms with van der Waals surface area (Å²) < 4.78 is 11.3. The lowest BCUT2D eigenvalue weighted by Gasteiger charge is -2.28. The maximum Gasteiger partial charge on any atom is 0.254 e. The van der Waals surface area contributed by atoms with Gasteiger partial charge in [-0.05, 0) is 37.6 Å². The number of hydrogen-bond donors (Lipinski definition) is 1. The molecule has 22 heavy (non-hydrogen) atoms. The molecule has 2 heterocycles. The first-order valence-corrected chi connectivity index (χ1v) is 8.21. The van der Waals surface area contributed by atoms with Crippen molar-refractivity contribution in [3.05, 3.63) is 23.8 Å². The van der Waals surface area contributed by atoms with Crippen LogP contribution in [0.1, 0.15) is 36.5 Å². The van der Waals surface area contributed by atoms with Crippen LogP contribution in [0, 0.1) is 0 Å². The van der Waals surface area contributed by atoms with Gasteiger partial charge in [-0.15, -0.1) is 0 Å². The van der Waals surface area contributed by atoms with Crippen molar-refractivity contribution >= 4 is 5.91 Å². The van der Waals surface area contributed by atoms with Crippen molar-refractivity contribution in [1.29, 1.82) is 0 Å². The van der Waals surface area contributed by atoms with Crippen molar-refractivity contribution in [2.24, 2.45) is 0 Å². The van der Waals surface area contributed by atoms with Gasteiger partial charge >= 0.3 is 0 Å². The third-order valence-electron chi connectivity index (χ3n) is 4.19. The maximum absolute atomic E-state index is 12.9. The quantitative estimate of drug-likeness (QED) is 0.925. The number of carbonyl (C=O) groups is 1. The maximum atomic E-state index is 12.9. The molecule has 1 fully saturated rings. The molecule has 0 aliphatic carbocycles. The minimum Gasteiger partial charge on any atom is -0.490 e. The van der Waals surface area contributed by atoms with Gasteiger partial charge in [-0.1, -0.05) is 6.92 Å². The van der Waals surface area contributed by atoms with Crippen LogP contribution in [0.15, 0.2) is 18.2 Å². The molecule has 1 unspecified atom stereocenters. The zero-order valence-corrected chi connectivity index (χ0v) is 13.1. The molecule has 120 valence electrons. The van der Waals surface area contributed by atoms with Crippen molar-refractivity contribution in [1.82, 2.24) is 10.2 Å². The Morgan fingerprint density at radius 2 is 2.14 bits per heavy atom. The van der Waals surface area contributed by atoms with Gasteiger partial charge in [-0.25, -0.2) is 0 Å². The normalized spacial score (nSPS) is 20.5. The zero-order valence-electron chi connectivity index (χ0n) is 13.1. The van der Waals surface area contributed by atoms with E-state index in [-0.39, 0.29) is 5.91 Å². The van der Waals surface area contributed by atoms with Gasteiger partial charge in [0.05, 0.1) is 13.2 Å². The molecule has 0 radical (unpaired) electrons. The van der Waals surface area contributed by atoms with Crippen molar-refractivity contribution in [2.45, 2.75) is 32.2 Å². The van der Waals surface area contributed by atoms with E-state index < -0.39 is 0 Å². The fourth-order valence-corrected chi connectivity index (χ4v) is 3.06. The molecule has 1 aromatic carbocycles. The Labute approximate surface area is 131 Å². The summed E-state index contributed by atoms with van der Waals surface area (Å²) in [5, 5.41) is 3.34. The Morgan fingerprint density at radius 3 is 2.86 bits per heavy atom. The molecule has 0 bridgehead atoms. The van der Waals surface area contributed by atoms with Gasteiger partial charge in [0.25, 0.3) is 5.91 Å². The highest BCUT2D eigenvalue weighted by molar-refractivity contribution is 5.95. The van der Waals surface area contributed by atoms with E-state index in [0.29, 0.717) is 30.6 Å². The fraction of sp³-hybridized carbons (Fsp3) is 0.588. The summed E-state index contributed by atoms with van der Waals surface area (Å²) in [6, 6.07) is 5.82. The summed E-state index contributed by atoms with van der Waals surface area (Å²) >= 11 is 0. The van der Waals surface area contributed by atoms with Crippen LogP contribution in [0.25, 0.3) is 0 Å². The predicted molar refractivity (Wildman–Crippen MR) is 84.7 cm³/mol. The lowest BCUT2D eigenvalue weighted by Crippen LogP contribution is -2.42. The van der Waals surface area contributed by atoms with E-state index in [0.717, 1.165) is 44.6 Å². The summed E-state index contributed by atoms with van der Waals surface area (Å²) in [7, 11) is 0. The first kappa shape index (κ1) is 15.2. The van der Waals surface area contributed by atoms with E-state index >= 15 is 0 Å². The summed E-state index contributed by atoms with van der Waals surface area (Å²) in [5.41, 5.74) is 0.685. The van der Waals surface area contributed by atoms with Crippen LogP contribution < -0.4 is 14.8 Å². The minimum absolute atomic E-state index is 0.0891. The van der Waals surface area contributed by atoms with Crippen LogP contribution in [0.2, 0.25) is 0 Å². The van der Waals surface area contributed by atoms with E-state index in [1.54, 1.807) is 0 Å². The minimum atomic E-state index is 0.0891. The van der Waals surface area contributed by atoms with E-state index in [1.807, 2.05) is 23.1 Å². The molecule has 1 N–H and O–H groups in total. The molecule has 2 aliphatic rings. The summed E-state index contributed by atoms with van der Waals surface area (Å²) in [6.07, 6.45) is 2.86. The molecule has 1 saturated heterocycles. The van der Waals surface area contributed by atoms with Crippen molar-refractivity contribution in [3.63, 3.8) is 0 Å². The second kappa shape index (κ2) is 7.01. The highest BCUT2D eigenvalue weighted by atomic mass is 16.5. The Kier molecular flexibility index (Phi) is 4.83. The smallest absolute Gasteiger partial charge is 0.254 e. The van der Waals surface area contributed by atoms with E-state index in [4.69, 9.17) is 9.47 Å². The fourth-order valence-electron chi connectivity index (χ4n) is 3.06. The number of benzene rings is 1. The molecular weight excluding hydrogens is 280 g/mol. The second-order valence-electron chi connectivity index (χ2n) is 5.86. The van der Waals surface area contributed by atoms with E-state index in [2.05, 4.69) is 12.2 Å². The predicted octanol–water partition coefficient (Wildman–Crippen LogP) is 2.06. The molecule has 2 aliphatic heterocycles. The molecule has 0 spiro atoms. The molecule has 0 saturated carbocycles. The van der Waals surface area contributed by atoms with Crippen LogP contribution in [-0.2, 0) is 0 Å². The number of hydrogen-bond acceptors (Lipinski definition) is 4. The molecule has 1 amide bonds. The number of amides is 1. The molecule has 5 heteroatoms. The number of nitrogens with one attached hydrogen (secondary N) is 1. The standard InChI is InChI=1S/C17H24N2O3/c1-2-8-19(14-6-7-18-12-14)17(20)13-4-5-15-16(11-13)22-10-3-9-21-15/h4-5,11,14,18H,2-3,6-10,12H2,1H3.